The molecule has 1 aliphatic heterocycles. The first-order chi connectivity index (χ1) is 12.0. The lowest BCUT2D eigenvalue weighted by atomic mass is 9.95. The number of rotatable bonds is 3. The smallest absolute Gasteiger partial charge is 0.253 e. The maximum Gasteiger partial charge on any atom is 0.253 e. The molecule has 0 unspecified atom stereocenters. The minimum Gasteiger partial charge on any atom is -0.339 e. The second-order valence-electron chi connectivity index (χ2n) is 6.07. The van der Waals surface area contributed by atoms with E-state index in [0.717, 1.165) is 9.26 Å². The number of hydrogen-bond donors (Lipinski definition) is 1. The number of benzene rings is 2. The van der Waals surface area contributed by atoms with Gasteiger partial charge in [0.2, 0.25) is 5.91 Å². The molecule has 130 valence electrons. The number of anilines is 1. The van der Waals surface area contributed by atoms with Gasteiger partial charge in [-0.3, -0.25) is 9.59 Å². The van der Waals surface area contributed by atoms with Crippen LogP contribution in [-0.2, 0) is 4.79 Å². The fourth-order valence-corrected chi connectivity index (χ4v) is 3.29. The molecular formula is C19H18FIN2O2. The van der Waals surface area contributed by atoms with Crippen LogP contribution in [0.4, 0.5) is 10.1 Å². The van der Waals surface area contributed by atoms with E-state index in [-0.39, 0.29) is 17.7 Å². The van der Waals surface area contributed by atoms with Crippen LogP contribution in [0.2, 0.25) is 0 Å². The van der Waals surface area contributed by atoms with Crippen LogP contribution < -0.4 is 5.32 Å². The molecule has 1 fully saturated rings. The van der Waals surface area contributed by atoms with E-state index in [0.29, 0.717) is 31.5 Å². The van der Waals surface area contributed by atoms with Crippen molar-refractivity contribution in [2.24, 2.45) is 5.92 Å². The normalized spacial score (nSPS) is 15.0. The van der Waals surface area contributed by atoms with Crippen LogP contribution in [0, 0.1) is 15.3 Å². The quantitative estimate of drug-likeness (QED) is 0.718. The molecule has 1 saturated heterocycles. The molecule has 0 saturated carbocycles. The standard InChI is InChI=1S/C19H18FIN2O2/c20-15-3-1-2-14(12-15)19(25)23-10-8-13(9-11-23)18(24)22-17-6-4-16(21)5-7-17/h1-7,12-13H,8-11H2,(H,22,24). The summed E-state index contributed by atoms with van der Waals surface area (Å²) in [6.45, 7) is 1.00. The van der Waals surface area contributed by atoms with Crippen molar-refractivity contribution >= 4 is 40.1 Å². The van der Waals surface area contributed by atoms with Crippen molar-refractivity contribution in [3.8, 4) is 0 Å². The molecule has 1 aliphatic rings. The summed E-state index contributed by atoms with van der Waals surface area (Å²) in [4.78, 5) is 26.5. The molecule has 0 atom stereocenters. The van der Waals surface area contributed by atoms with Crippen LogP contribution in [0.5, 0.6) is 0 Å². The van der Waals surface area contributed by atoms with Gasteiger partial charge in [-0.1, -0.05) is 6.07 Å². The minimum atomic E-state index is -0.419. The Labute approximate surface area is 159 Å². The van der Waals surface area contributed by atoms with Gasteiger partial charge in [-0.15, -0.1) is 0 Å². The van der Waals surface area contributed by atoms with Crippen molar-refractivity contribution in [3.05, 3.63) is 63.5 Å². The molecule has 0 aliphatic carbocycles. The summed E-state index contributed by atoms with van der Waals surface area (Å²) < 4.78 is 14.4. The van der Waals surface area contributed by atoms with Crippen LogP contribution in [0.3, 0.4) is 0 Å². The van der Waals surface area contributed by atoms with Crippen molar-refractivity contribution in [1.29, 1.82) is 0 Å². The Morgan fingerprint density at radius 1 is 1.08 bits per heavy atom. The summed E-state index contributed by atoms with van der Waals surface area (Å²) in [5, 5.41) is 2.93. The highest BCUT2D eigenvalue weighted by Crippen LogP contribution is 2.21. The molecule has 2 aromatic rings. The molecule has 2 aromatic carbocycles. The highest BCUT2D eigenvalue weighted by atomic mass is 127. The lowest BCUT2D eigenvalue weighted by Crippen LogP contribution is -2.41. The molecule has 0 aromatic heterocycles. The maximum atomic E-state index is 13.3. The number of amides is 2. The Kier molecular flexibility index (Phi) is 5.67. The summed E-state index contributed by atoms with van der Waals surface area (Å²) in [7, 11) is 0. The molecule has 0 spiro atoms. The zero-order chi connectivity index (χ0) is 17.8. The topological polar surface area (TPSA) is 49.4 Å². The molecule has 1 heterocycles. The Bertz CT molecular complexity index is 771. The van der Waals surface area contributed by atoms with Crippen LogP contribution in [-0.4, -0.2) is 29.8 Å². The third kappa shape index (κ3) is 4.56. The van der Waals surface area contributed by atoms with Gasteiger partial charge in [-0.2, -0.15) is 0 Å². The van der Waals surface area contributed by atoms with E-state index in [1.165, 1.54) is 18.2 Å². The van der Waals surface area contributed by atoms with E-state index in [9.17, 15) is 14.0 Å². The maximum absolute atomic E-state index is 13.3. The molecule has 0 radical (unpaired) electrons. The van der Waals surface area contributed by atoms with E-state index < -0.39 is 5.82 Å². The lowest BCUT2D eigenvalue weighted by molar-refractivity contribution is -0.121. The number of piperidine rings is 1. The summed E-state index contributed by atoms with van der Waals surface area (Å²) in [6, 6.07) is 13.3. The fourth-order valence-electron chi connectivity index (χ4n) is 2.93. The molecule has 3 rings (SSSR count). The molecule has 25 heavy (non-hydrogen) atoms. The SMILES string of the molecule is O=C(Nc1ccc(I)cc1)C1CCN(C(=O)c2cccc(F)c2)CC1. The van der Waals surface area contributed by atoms with E-state index in [2.05, 4.69) is 27.9 Å². The number of carbonyl (C=O) groups is 2. The molecule has 2 amide bonds. The zero-order valence-corrected chi connectivity index (χ0v) is 15.7. The van der Waals surface area contributed by atoms with Gasteiger partial charge in [0.05, 0.1) is 0 Å². The van der Waals surface area contributed by atoms with Crippen molar-refractivity contribution in [2.45, 2.75) is 12.8 Å². The van der Waals surface area contributed by atoms with Crippen molar-refractivity contribution in [1.82, 2.24) is 4.90 Å². The zero-order valence-electron chi connectivity index (χ0n) is 13.5. The highest BCUT2D eigenvalue weighted by Gasteiger charge is 2.28. The third-order valence-electron chi connectivity index (χ3n) is 4.34. The monoisotopic (exact) mass is 452 g/mol. The Hall–Kier alpha value is -1.96. The molecule has 1 N–H and O–H groups in total. The van der Waals surface area contributed by atoms with Gasteiger partial charge in [0.25, 0.3) is 5.91 Å². The van der Waals surface area contributed by atoms with Gasteiger partial charge in [0.1, 0.15) is 5.82 Å². The van der Waals surface area contributed by atoms with E-state index in [1.54, 1.807) is 11.0 Å². The van der Waals surface area contributed by atoms with E-state index in [1.807, 2.05) is 24.3 Å². The minimum absolute atomic E-state index is 0.0148. The van der Waals surface area contributed by atoms with Crippen LogP contribution >= 0.6 is 22.6 Å². The van der Waals surface area contributed by atoms with Gasteiger partial charge in [0, 0.05) is 33.8 Å². The average molecular weight is 452 g/mol. The van der Waals surface area contributed by atoms with E-state index >= 15 is 0 Å². The van der Waals surface area contributed by atoms with Gasteiger partial charge in [0.15, 0.2) is 0 Å². The Morgan fingerprint density at radius 3 is 2.40 bits per heavy atom. The van der Waals surface area contributed by atoms with Crippen molar-refractivity contribution in [2.75, 3.05) is 18.4 Å². The van der Waals surface area contributed by atoms with Crippen LogP contribution in [0.15, 0.2) is 48.5 Å². The van der Waals surface area contributed by atoms with Crippen LogP contribution in [0.1, 0.15) is 23.2 Å². The first-order valence-electron chi connectivity index (χ1n) is 8.14. The highest BCUT2D eigenvalue weighted by molar-refractivity contribution is 14.1. The predicted molar refractivity (Wildman–Crippen MR) is 103 cm³/mol. The summed E-state index contributed by atoms with van der Waals surface area (Å²) in [5.41, 5.74) is 1.13. The number of likely N-dealkylation sites (tertiary alicyclic amines) is 1. The molecule has 0 bridgehead atoms. The van der Waals surface area contributed by atoms with Crippen molar-refractivity contribution in [3.63, 3.8) is 0 Å². The Morgan fingerprint density at radius 2 is 1.76 bits per heavy atom. The predicted octanol–water partition coefficient (Wildman–Crippen LogP) is 3.92. The van der Waals surface area contributed by atoms with Crippen LogP contribution in [0.25, 0.3) is 0 Å². The molecule has 4 nitrogen and oxygen atoms in total. The first kappa shape index (κ1) is 17.8. The summed E-state index contributed by atoms with van der Waals surface area (Å²) in [5.74, 6) is -0.733. The summed E-state index contributed by atoms with van der Waals surface area (Å²) in [6.07, 6.45) is 1.22. The fraction of sp³-hybridized carbons (Fsp3) is 0.263. The van der Waals surface area contributed by atoms with Gasteiger partial charge < -0.3 is 10.2 Å². The number of nitrogens with one attached hydrogen (secondary N) is 1. The van der Waals surface area contributed by atoms with Gasteiger partial charge >= 0.3 is 0 Å². The number of nitrogens with zero attached hydrogens (tertiary/aromatic N) is 1. The second kappa shape index (κ2) is 7.95. The number of carbonyl (C=O) groups excluding carboxylic acids is 2. The average Bonchev–Trinajstić information content (AvgIpc) is 2.63. The third-order valence-corrected chi connectivity index (χ3v) is 5.06. The van der Waals surface area contributed by atoms with Gasteiger partial charge in [-0.25, -0.2) is 4.39 Å². The second-order valence-corrected chi connectivity index (χ2v) is 7.32. The lowest BCUT2D eigenvalue weighted by Gasteiger charge is -2.31. The molecule has 6 heteroatoms. The summed E-state index contributed by atoms with van der Waals surface area (Å²) >= 11 is 2.21. The first-order valence-corrected chi connectivity index (χ1v) is 9.22. The number of halogens is 2. The van der Waals surface area contributed by atoms with Crippen molar-refractivity contribution < 1.29 is 14.0 Å². The molecular weight excluding hydrogens is 434 g/mol. The number of hydrogen-bond acceptors (Lipinski definition) is 2. The van der Waals surface area contributed by atoms with Gasteiger partial charge in [-0.05, 0) is 77.9 Å². The largest absolute Gasteiger partial charge is 0.339 e. The van der Waals surface area contributed by atoms with E-state index in [4.69, 9.17) is 0 Å². The Balaban J connectivity index is 1.55.